The van der Waals surface area contributed by atoms with Crippen LogP contribution in [0.5, 0.6) is 0 Å². The van der Waals surface area contributed by atoms with Crippen LogP contribution >= 0.6 is 0 Å². The molecule has 0 saturated carbocycles. The number of rotatable bonds is 11. The van der Waals surface area contributed by atoms with E-state index in [-0.39, 0.29) is 11.9 Å². The number of carbonyl (C=O) groups excluding carboxylic acids is 1. The maximum Gasteiger partial charge on any atom is 0.235 e. The summed E-state index contributed by atoms with van der Waals surface area (Å²) < 4.78 is 10.1. The Morgan fingerprint density at radius 3 is 2.41 bits per heavy atom. The molecule has 0 rings (SSSR count). The molecule has 1 atom stereocenters. The number of amides is 1. The van der Waals surface area contributed by atoms with Gasteiger partial charge >= 0.3 is 0 Å². The van der Waals surface area contributed by atoms with Gasteiger partial charge in [0, 0.05) is 40.5 Å². The molecule has 6 nitrogen and oxygen atoms in total. The largest absolute Gasteiger partial charge is 0.385 e. The lowest BCUT2D eigenvalue weighted by Gasteiger charge is -2.25. The highest BCUT2D eigenvalue weighted by Gasteiger charge is 2.16. The third kappa shape index (κ3) is 8.09. The zero-order valence-corrected chi connectivity index (χ0v) is 11.1. The summed E-state index contributed by atoms with van der Waals surface area (Å²) in [5.41, 5.74) is 5.29. The van der Waals surface area contributed by atoms with E-state index in [4.69, 9.17) is 15.2 Å². The van der Waals surface area contributed by atoms with Crippen molar-refractivity contribution >= 4 is 5.91 Å². The summed E-state index contributed by atoms with van der Waals surface area (Å²) in [6, 6.07) is -0.325. The van der Waals surface area contributed by atoms with Crippen LogP contribution in [0.4, 0.5) is 0 Å². The van der Waals surface area contributed by atoms with Crippen LogP contribution in [0.15, 0.2) is 0 Å². The smallest absolute Gasteiger partial charge is 0.235 e. The van der Waals surface area contributed by atoms with Crippen LogP contribution in [0.2, 0.25) is 0 Å². The first-order valence-corrected chi connectivity index (χ1v) is 5.82. The third-order valence-corrected chi connectivity index (χ3v) is 2.57. The molecule has 0 aromatic rings. The number of nitrogens with two attached hydrogens (primary N) is 1. The van der Waals surface area contributed by atoms with E-state index in [9.17, 15) is 4.79 Å². The number of likely N-dealkylation sites (N-methyl/N-ethyl adjacent to an activating group) is 1. The van der Waals surface area contributed by atoms with Gasteiger partial charge in [0.2, 0.25) is 5.91 Å². The molecule has 6 heteroatoms. The Kier molecular flexibility index (Phi) is 10.0. The lowest BCUT2D eigenvalue weighted by atomic mass is 10.2. The molecule has 3 N–H and O–H groups in total. The molecule has 0 aromatic heterocycles. The van der Waals surface area contributed by atoms with E-state index < -0.39 is 0 Å². The summed E-state index contributed by atoms with van der Waals surface area (Å²) in [6.07, 6.45) is 0.926. The van der Waals surface area contributed by atoms with Crippen LogP contribution < -0.4 is 11.1 Å². The fourth-order valence-electron chi connectivity index (χ4n) is 1.53. The number of hydrogen-bond acceptors (Lipinski definition) is 5. The Morgan fingerprint density at radius 2 is 1.94 bits per heavy atom. The number of carbonyl (C=O) groups is 1. The zero-order valence-electron chi connectivity index (χ0n) is 11.1. The van der Waals surface area contributed by atoms with E-state index in [1.54, 1.807) is 21.3 Å². The summed E-state index contributed by atoms with van der Waals surface area (Å²) >= 11 is 0. The van der Waals surface area contributed by atoms with Crippen molar-refractivity contribution in [2.75, 3.05) is 54.1 Å². The molecule has 0 aliphatic rings. The molecule has 102 valence electrons. The van der Waals surface area contributed by atoms with Crippen LogP contribution in [-0.2, 0) is 14.3 Å². The predicted molar refractivity (Wildman–Crippen MR) is 66.9 cm³/mol. The van der Waals surface area contributed by atoms with Gasteiger partial charge in [-0.2, -0.15) is 0 Å². The molecule has 0 aliphatic carbocycles. The molecular weight excluding hydrogens is 222 g/mol. The maximum atomic E-state index is 11.1. The summed E-state index contributed by atoms with van der Waals surface area (Å²) in [5.74, 6) is -0.332. The van der Waals surface area contributed by atoms with Gasteiger partial charge in [-0.25, -0.2) is 0 Å². The second-order valence-corrected chi connectivity index (χ2v) is 3.88. The van der Waals surface area contributed by atoms with Gasteiger partial charge in [0.25, 0.3) is 0 Å². The fourth-order valence-corrected chi connectivity index (χ4v) is 1.53. The average molecular weight is 247 g/mol. The monoisotopic (exact) mass is 247 g/mol. The number of nitrogens with one attached hydrogen (secondary N) is 1. The Balaban J connectivity index is 4.09. The Labute approximate surface area is 103 Å². The highest BCUT2D eigenvalue weighted by atomic mass is 16.5. The number of ether oxygens (including phenoxy) is 2. The van der Waals surface area contributed by atoms with E-state index in [1.165, 1.54) is 0 Å². The van der Waals surface area contributed by atoms with Crippen molar-refractivity contribution in [3.63, 3.8) is 0 Å². The van der Waals surface area contributed by atoms with E-state index >= 15 is 0 Å². The molecule has 0 radical (unpaired) electrons. The van der Waals surface area contributed by atoms with E-state index in [1.807, 2.05) is 0 Å². The zero-order chi connectivity index (χ0) is 13.1. The molecule has 0 fully saturated rings. The van der Waals surface area contributed by atoms with E-state index in [0.717, 1.165) is 19.5 Å². The SMILES string of the molecule is CNC(CN(CCCOC)CCOC)C(N)=O. The molecule has 0 spiro atoms. The molecule has 17 heavy (non-hydrogen) atoms. The van der Waals surface area contributed by atoms with Crippen molar-refractivity contribution in [2.24, 2.45) is 5.73 Å². The molecule has 1 amide bonds. The van der Waals surface area contributed by atoms with Crippen molar-refractivity contribution in [2.45, 2.75) is 12.5 Å². The molecule has 0 heterocycles. The van der Waals surface area contributed by atoms with Crippen LogP contribution in [0.1, 0.15) is 6.42 Å². The summed E-state index contributed by atoms with van der Waals surface area (Å²) in [7, 11) is 5.08. The molecule has 1 unspecified atom stereocenters. The van der Waals surface area contributed by atoms with Gasteiger partial charge in [-0.05, 0) is 13.5 Å². The standard InChI is InChI=1S/C11H25N3O3/c1-13-10(11(12)15)9-14(6-8-17-3)5-4-7-16-2/h10,13H,4-9H2,1-3H3,(H2,12,15). The highest BCUT2D eigenvalue weighted by molar-refractivity contribution is 5.80. The third-order valence-electron chi connectivity index (χ3n) is 2.57. The molecule has 0 aromatic carbocycles. The summed E-state index contributed by atoms with van der Waals surface area (Å²) in [4.78, 5) is 13.3. The minimum atomic E-state index is -0.332. The van der Waals surface area contributed by atoms with Gasteiger partial charge in [0.1, 0.15) is 0 Å². The number of methoxy groups -OCH3 is 2. The van der Waals surface area contributed by atoms with E-state index in [2.05, 4.69) is 10.2 Å². The first-order valence-electron chi connectivity index (χ1n) is 5.82. The topological polar surface area (TPSA) is 76.8 Å². The van der Waals surface area contributed by atoms with Crippen LogP contribution in [0, 0.1) is 0 Å². The first kappa shape index (κ1) is 16.3. The minimum Gasteiger partial charge on any atom is -0.385 e. The quantitative estimate of drug-likeness (QED) is 0.460. The van der Waals surface area contributed by atoms with Crippen LogP contribution in [0.25, 0.3) is 0 Å². The van der Waals surface area contributed by atoms with E-state index in [0.29, 0.717) is 19.8 Å². The average Bonchev–Trinajstić information content (AvgIpc) is 2.31. The van der Waals surface area contributed by atoms with Crippen molar-refractivity contribution in [3.05, 3.63) is 0 Å². The second kappa shape index (κ2) is 10.5. The first-order chi connectivity index (χ1) is 8.15. The van der Waals surface area contributed by atoms with Gasteiger partial charge in [-0.1, -0.05) is 0 Å². The van der Waals surface area contributed by atoms with Crippen molar-refractivity contribution < 1.29 is 14.3 Å². The molecule has 0 bridgehead atoms. The predicted octanol–water partition coefficient (Wildman–Crippen LogP) is -0.955. The van der Waals surface area contributed by atoms with Crippen molar-refractivity contribution in [1.82, 2.24) is 10.2 Å². The van der Waals surface area contributed by atoms with Crippen molar-refractivity contribution in [3.8, 4) is 0 Å². The Hall–Kier alpha value is -0.690. The maximum absolute atomic E-state index is 11.1. The lowest BCUT2D eigenvalue weighted by Crippen LogP contribution is -2.48. The molecule has 0 aliphatic heterocycles. The van der Waals surface area contributed by atoms with Crippen molar-refractivity contribution in [1.29, 1.82) is 0 Å². The van der Waals surface area contributed by atoms with Crippen LogP contribution in [-0.4, -0.2) is 71.0 Å². The number of hydrogen-bond donors (Lipinski definition) is 2. The number of primary amides is 1. The molecule has 0 saturated heterocycles. The van der Waals surface area contributed by atoms with Gasteiger partial charge in [-0.3, -0.25) is 9.69 Å². The number of nitrogens with zero attached hydrogens (tertiary/aromatic N) is 1. The van der Waals surface area contributed by atoms with Gasteiger partial charge in [0.15, 0.2) is 0 Å². The van der Waals surface area contributed by atoms with Crippen LogP contribution in [0.3, 0.4) is 0 Å². The summed E-state index contributed by atoms with van der Waals surface area (Å²) in [5, 5.41) is 2.91. The second-order valence-electron chi connectivity index (χ2n) is 3.88. The van der Waals surface area contributed by atoms with Gasteiger partial charge < -0.3 is 20.5 Å². The lowest BCUT2D eigenvalue weighted by molar-refractivity contribution is -0.120. The van der Waals surface area contributed by atoms with Gasteiger partial charge in [-0.15, -0.1) is 0 Å². The minimum absolute atomic E-state index is 0.325. The normalized spacial score (nSPS) is 12.9. The molecular formula is C11H25N3O3. The van der Waals surface area contributed by atoms with Gasteiger partial charge in [0.05, 0.1) is 12.6 Å². The highest BCUT2D eigenvalue weighted by Crippen LogP contribution is 1.96. The Morgan fingerprint density at radius 1 is 1.29 bits per heavy atom. The Bertz CT molecular complexity index is 202. The summed E-state index contributed by atoms with van der Waals surface area (Å²) in [6.45, 7) is 3.60. The fraction of sp³-hybridized carbons (Fsp3) is 0.909.